The average molecular weight is 418 g/mol. The molecule has 8 nitrogen and oxygen atoms in total. The first-order valence-electron chi connectivity index (χ1n) is 10.5. The summed E-state index contributed by atoms with van der Waals surface area (Å²) < 4.78 is 1.79. The summed E-state index contributed by atoms with van der Waals surface area (Å²) in [6.45, 7) is 3.51. The van der Waals surface area contributed by atoms with E-state index < -0.39 is 0 Å². The molecule has 3 heterocycles. The first-order chi connectivity index (χ1) is 15.1. The summed E-state index contributed by atoms with van der Waals surface area (Å²) in [5.74, 6) is 1.58. The largest absolute Gasteiger partial charge is 0.356 e. The van der Waals surface area contributed by atoms with Crippen molar-refractivity contribution in [3.8, 4) is 0 Å². The van der Waals surface area contributed by atoms with E-state index in [1.54, 1.807) is 17.2 Å². The Hall–Kier alpha value is -3.55. The summed E-state index contributed by atoms with van der Waals surface area (Å²) in [7, 11) is 1.91. The predicted molar refractivity (Wildman–Crippen MR) is 121 cm³/mol. The number of nitrogens with one attached hydrogen (secondary N) is 1. The van der Waals surface area contributed by atoms with Crippen LogP contribution in [0, 0.1) is 0 Å². The first kappa shape index (κ1) is 20.7. The highest BCUT2D eigenvalue weighted by atomic mass is 16.1. The molecule has 1 fully saturated rings. The SMILES string of the molecule is CC=Nc1ncnc(N2CCC(NC(=O)c3ccccc3)CC2)c1Cc1cnn(C)c1. The van der Waals surface area contributed by atoms with Crippen LogP contribution >= 0.6 is 0 Å². The molecule has 31 heavy (non-hydrogen) atoms. The number of anilines is 1. The fourth-order valence-corrected chi connectivity index (χ4v) is 3.92. The molecule has 1 aromatic carbocycles. The van der Waals surface area contributed by atoms with Gasteiger partial charge in [-0.15, -0.1) is 0 Å². The molecule has 8 heteroatoms. The normalized spacial score (nSPS) is 14.8. The van der Waals surface area contributed by atoms with E-state index in [2.05, 4.69) is 30.3 Å². The summed E-state index contributed by atoms with van der Waals surface area (Å²) in [6.07, 6.45) is 9.59. The third kappa shape index (κ3) is 4.96. The summed E-state index contributed by atoms with van der Waals surface area (Å²) in [5.41, 5.74) is 2.79. The molecule has 4 rings (SSSR count). The Labute approximate surface area is 182 Å². The van der Waals surface area contributed by atoms with Crippen LogP contribution in [0.3, 0.4) is 0 Å². The number of hydrogen-bond acceptors (Lipinski definition) is 6. The van der Waals surface area contributed by atoms with Crippen LogP contribution in [-0.4, -0.2) is 51.0 Å². The molecular formula is C23H27N7O. The van der Waals surface area contributed by atoms with Gasteiger partial charge in [0.15, 0.2) is 5.82 Å². The summed E-state index contributed by atoms with van der Waals surface area (Å²) in [4.78, 5) is 28.2. The van der Waals surface area contributed by atoms with Crippen LogP contribution in [0.2, 0.25) is 0 Å². The molecule has 1 amide bonds. The number of rotatable bonds is 6. The molecule has 1 aliphatic rings. The summed E-state index contributed by atoms with van der Waals surface area (Å²) in [5, 5.41) is 7.44. The molecule has 0 aliphatic carbocycles. The summed E-state index contributed by atoms with van der Waals surface area (Å²) >= 11 is 0. The fourth-order valence-electron chi connectivity index (χ4n) is 3.92. The van der Waals surface area contributed by atoms with Crippen molar-refractivity contribution < 1.29 is 4.79 Å². The number of hydrogen-bond donors (Lipinski definition) is 1. The van der Waals surface area contributed by atoms with Crippen LogP contribution in [0.25, 0.3) is 0 Å². The van der Waals surface area contributed by atoms with E-state index in [1.807, 2.05) is 56.7 Å². The highest BCUT2D eigenvalue weighted by Gasteiger charge is 2.25. The quantitative estimate of drug-likeness (QED) is 0.623. The van der Waals surface area contributed by atoms with E-state index in [0.717, 1.165) is 42.9 Å². The lowest BCUT2D eigenvalue weighted by Gasteiger charge is -2.34. The van der Waals surface area contributed by atoms with Crippen molar-refractivity contribution in [1.82, 2.24) is 25.1 Å². The van der Waals surface area contributed by atoms with Crippen molar-refractivity contribution in [3.05, 3.63) is 65.7 Å². The Morgan fingerprint density at radius 1 is 1.23 bits per heavy atom. The highest BCUT2D eigenvalue weighted by Crippen LogP contribution is 2.30. The van der Waals surface area contributed by atoms with E-state index in [4.69, 9.17) is 0 Å². The Bertz CT molecular complexity index is 1050. The standard InChI is InChI=1S/C23H27N7O/c1-3-24-21-20(13-17-14-27-29(2)15-17)22(26-16-25-21)30-11-9-19(10-12-30)28-23(31)18-7-5-4-6-8-18/h3-8,14-16,19H,9-13H2,1-2H3,(H,28,31). The lowest BCUT2D eigenvalue weighted by atomic mass is 10.0. The molecule has 0 radical (unpaired) electrons. The van der Waals surface area contributed by atoms with Gasteiger partial charge in [-0.1, -0.05) is 18.2 Å². The molecular weight excluding hydrogens is 390 g/mol. The van der Waals surface area contributed by atoms with Gasteiger partial charge in [0.1, 0.15) is 12.1 Å². The zero-order valence-corrected chi connectivity index (χ0v) is 17.9. The van der Waals surface area contributed by atoms with Gasteiger partial charge in [0.05, 0.1) is 6.20 Å². The molecule has 1 saturated heterocycles. The number of carbonyl (C=O) groups excluding carboxylic acids is 1. The minimum Gasteiger partial charge on any atom is -0.356 e. The molecule has 3 aromatic rings. The lowest BCUT2D eigenvalue weighted by molar-refractivity contribution is 0.0931. The van der Waals surface area contributed by atoms with E-state index in [9.17, 15) is 4.79 Å². The number of nitrogens with zero attached hydrogens (tertiary/aromatic N) is 6. The van der Waals surface area contributed by atoms with Gasteiger partial charge < -0.3 is 10.2 Å². The van der Waals surface area contributed by atoms with Gasteiger partial charge in [-0.05, 0) is 37.5 Å². The molecule has 2 aromatic heterocycles. The molecule has 0 bridgehead atoms. The average Bonchev–Trinajstić information content (AvgIpc) is 3.21. The zero-order chi connectivity index (χ0) is 21.6. The molecule has 0 atom stereocenters. The maximum absolute atomic E-state index is 12.5. The van der Waals surface area contributed by atoms with Crippen LogP contribution < -0.4 is 10.2 Å². The van der Waals surface area contributed by atoms with Crippen molar-refractivity contribution in [2.45, 2.75) is 32.2 Å². The van der Waals surface area contributed by atoms with Crippen LogP contribution in [0.4, 0.5) is 11.6 Å². The van der Waals surface area contributed by atoms with Gasteiger partial charge in [-0.2, -0.15) is 5.10 Å². The number of amides is 1. The van der Waals surface area contributed by atoms with Gasteiger partial charge in [-0.3, -0.25) is 9.48 Å². The number of aryl methyl sites for hydroxylation is 1. The Morgan fingerprint density at radius 3 is 2.68 bits per heavy atom. The minimum atomic E-state index is -0.0158. The maximum Gasteiger partial charge on any atom is 0.251 e. The van der Waals surface area contributed by atoms with Crippen LogP contribution in [-0.2, 0) is 13.5 Å². The number of benzene rings is 1. The Morgan fingerprint density at radius 2 is 2.00 bits per heavy atom. The second-order valence-electron chi connectivity index (χ2n) is 7.69. The van der Waals surface area contributed by atoms with Gasteiger partial charge in [0.2, 0.25) is 0 Å². The van der Waals surface area contributed by atoms with Crippen LogP contribution in [0.5, 0.6) is 0 Å². The fraction of sp³-hybridized carbons (Fsp3) is 0.348. The van der Waals surface area contributed by atoms with Crippen molar-refractivity contribution >= 4 is 23.8 Å². The van der Waals surface area contributed by atoms with E-state index in [-0.39, 0.29) is 11.9 Å². The van der Waals surface area contributed by atoms with E-state index in [1.165, 1.54) is 0 Å². The van der Waals surface area contributed by atoms with Gasteiger partial charge in [0.25, 0.3) is 5.91 Å². The Kier molecular flexibility index (Phi) is 6.35. The molecule has 160 valence electrons. The summed E-state index contributed by atoms with van der Waals surface area (Å²) in [6, 6.07) is 9.51. The molecule has 0 spiro atoms. The zero-order valence-electron chi connectivity index (χ0n) is 17.9. The minimum absolute atomic E-state index is 0.0158. The van der Waals surface area contributed by atoms with Crippen molar-refractivity contribution in [3.63, 3.8) is 0 Å². The number of aliphatic imine (C=N–C) groups is 1. The number of aromatic nitrogens is 4. The van der Waals surface area contributed by atoms with E-state index >= 15 is 0 Å². The maximum atomic E-state index is 12.5. The topological polar surface area (TPSA) is 88.3 Å². The number of carbonyl (C=O) groups is 1. The molecule has 1 N–H and O–H groups in total. The van der Waals surface area contributed by atoms with Crippen molar-refractivity contribution in [2.24, 2.45) is 12.0 Å². The Balaban J connectivity index is 1.47. The van der Waals surface area contributed by atoms with Crippen LogP contribution in [0.15, 0.2) is 54.0 Å². The second kappa shape index (κ2) is 9.51. The highest BCUT2D eigenvalue weighted by molar-refractivity contribution is 5.94. The van der Waals surface area contributed by atoms with Crippen molar-refractivity contribution in [2.75, 3.05) is 18.0 Å². The third-order valence-electron chi connectivity index (χ3n) is 5.46. The third-order valence-corrected chi connectivity index (χ3v) is 5.46. The van der Waals surface area contributed by atoms with Crippen molar-refractivity contribution in [1.29, 1.82) is 0 Å². The molecule has 1 aliphatic heterocycles. The second-order valence-corrected chi connectivity index (χ2v) is 7.69. The van der Waals surface area contributed by atoms with Gasteiger partial charge in [-0.25, -0.2) is 15.0 Å². The molecule has 0 unspecified atom stereocenters. The monoisotopic (exact) mass is 417 g/mol. The van der Waals surface area contributed by atoms with E-state index in [0.29, 0.717) is 17.8 Å². The molecule has 0 saturated carbocycles. The predicted octanol–water partition coefficient (Wildman–Crippen LogP) is 2.92. The first-order valence-corrected chi connectivity index (χ1v) is 10.5. The lowest BCUT2D eigenvalue weighted by Crippen LogP contribution is -2.45. The van der Waals surface area contributed by atoms with Crippen LogP contribution in [0.1, 0.15) is 41.3 Å². The van der Waals surface area contributed by atoms with Gasteiger partial charge in [0, 0.05) is 56.1 Å². The smallest absolute Gasteiger partial charge is 0.251 e. The van der Waals surface area contributed by atoms with Gasteiger partial charge >= 0.3 is 0 Å². The number of piperidine rings is 1.